The van der Waals surface area contributed by atoms with Crippen molar-refractivity contribution in [2.75, 3.05) is 20.1 Å². The predicted octanol–water partition coefficient (Wildman–Crippen LogP) is 1.37. The minimum Gasteiger partial charge on any atom is -0.336 e. The van der Waals surface area contributed by atoms with Gasteiger partial charge in [-0.25, -0.2) is 8.42 Å². The van der Waals surface area contributed by atoms with Crippen LogP contribution < -0.4 is 0 Å². The average molecular weight is 345 g/mol. The van der Waals surface area contributed by atoms with Gasteiger partial charge in [-0.3, -0.25) is 9.78 Å². The molecule has 1 fully saturated rings. The molecule has 0 aliphatic carbocycles. The highest BCUT2D eigenvalue weighted by molar-refractivity contribution is 7.89. The first-order valence-electron chi connectivity index (χ1n) is 7.68. The summed E-state index contributed by atoms with van der Waals surface area (Å²) in [7, 11) is -1.90. The molecule has 0 spiro atoms. The highest BCUT2D eigenvalue weighted by Gasteiger charge is 2.41. The number of aromatic nitrogens is 1. The second kappa shape index (κ2) is 6.70. The summed E-state index contributed by atoms with van der Waals surface area (Å²) < 4.78 is 26.5. The van der Waals surface area contributed by atoms with E-state index in [0.29, 0.717) is 11.3 Å². The fraction of sp³-hybridized carbons (Fsp3) is 0.294. The lowest BCUT2D eigenvalue weighted by atomic mass is 10.1. The number of likely N-dealkylation sites (tertiary alicyclic amines) is 1. The molecule has 1 aliphatic rings. The lowest BCUT2D eigenvalue weighted by molar-refractivity contribution is 0.0655. The highest BCUT2D eigenvalue weighted by atomic mass is 32.2. The lowest BCUT2D eigenvalue weighted by Gasteiger charge is -2.40. The maximum Gasteiger partial charge on any atom is 0.253 e. The smallest absolute Gasteiger partial charge is 0.253 e. The van der Waals surface area contributed by atoms with Crippen LogP contribution in [0.15, 0.2) is 54.7 Å². The Balaban J connectivity index is 1.61. The van der Waals surface area contributed by atoms with Crippen LogP contribution in [0.2, 0.25) is 0 Å². The molecule has 0 radical (unpaired) electrons. The molecule has 7 heteroatoms. The van der Waals surface area contributed by atoms with Crippen molar-refractivity contribution in [2.24, 2.45) is 0 Å². The molecule has 1 aromatic heterocycles. The summed E-state index contributed by atoms with van der Waals surface area (Å²) in [5.74, 6) is -0.130. The van der Waals surface area contributed by atoms with Gasteiger partial charge >= 0.3 is 0 Å². The van der Waals surface area contributed by atoms with Crippen LogP contribution in [-0.2, 0) is 16.6 Å². The predicted molar refractivity (Wildman–Crippen MR) is 90.8 cm³/mol. The van der Waals surface area contributed by atoms with Gasteiger partial charge in [-0.2, -0.15) is 4.31 Å². The number of nitrogens with zero attached hydrogens (tertiary/aromatic N) is 3. The largest absolute Gasteiger partial charge is 0.336 e. The molecule has 0 N–H and O–H groups in total. The van der Waals surface area contributed by atoms with Gasteiger partial charge < -0.3 is 4.90 Å². The van der Waals surface area contributed by atoms with Crippen LogP contribution in [0, 0.1) is 0 Å². The molecule has 1 amide bonds. The van der Waals surface area contributed by atoms with Crippen LogP contribution in [0.4, 0.5) is 0 Å². The van der Waals surface area contributed by atoms with E-state index >= 15 is 0 Å². The molecule has 0 saturated carbocycles. The van der Waals surface area contributed by atoms with Gasteiger partial charge in [0.1, 0.15) is 5.25 Å². The zero-order valence-corrected chi connectivity index (χ0v) is 14.2. The third-order valence-corrected chi connectivity index (χ3v) is 6.26. The Labute approximate surface area is 141 Å². The average Bonchev–Trinajstić information content (AvgIpc) is 2.55. The zero-order valence-electron chi connectivity index (χ0n) is 13.4. The van der Waals surface area contributed by atoms with E-state index in [0.717, 1.165) is 0 Å². The molecule has 0 bridgehead atoms. The topological polar surface area (TPSA) is 70.6 Å². The van der Waals surface area contributed by atoms with Crippen molar-refractivity contribution >= 4 is 15.9 Å². The molecule has 0 atom stereocenters. The Kier molecular flexibility index (Phi) is 4.64. The summed E-state index contributed by atoms with van der Waals surface area (Å²) in [4.78, 5) is 18.0. The third-order valence-electron chi connectivity index (χ3n) is 4.12. The van der Waals surface area contributed by atoms with Crippen molar-refractivity contribution in [3.05, 3.63) is 66.0 Å². The molecular weight excluding hydrogens is 326 g/mol. The van der Waals surface area contributed by atoms with Gasteiger partial charge in [-0.15, -0.1) is 0 Å². The number of sulfonamides is 1. The quantitative estimate of drug-likeness (QED) is 0.821. The number of rotatable bonds is 5. The lowest BCUT2D eigenvalue weighted by Crippen LogP contribution is -2.59. The summed E-state index contributed by atoms with van der Waals surface area (Å²) in [6.07, 6.45) is 1.64. The Hall–Kier alpha value is -2.25. The van der Waals surface area contributed by atoms with E-state index in [-0.39, 0.29) is 25.5 Å². The first kappa shape index (κ1) is 16.6. The molecule has 24 heavy (non-hydrogen) atoms. The molecule has 1 aliphatic heterocycles. The number of carbonyl (C=O) groups is 1. The minimum absolute atomic E-state index is 0.130. The van der Waals surface area contributed by atoms with E-state index in [9.17, 15) is 13.2 Å². The highest BCUT2D eigenvalue weighted by Crippen LogP contribution is 2.22. The molecular formula is C17H19N3O3S. The summed E-state index contributed by atoms with van der Waals surface area (Å²) in [5, 5.41) is -0.557. The van der Waals surface area contributed by atoms with Crippen molar-refractivity contribution in [3.63, 3.8) is 0 Å². The number of amides is 1. The van der Waals surface area contributed by atoms with E-state index in [2.05, 4.69) is 4.98 Å². The SMILES string of the molecule is CN(Cc1ccccn1)S(=O)(=O)C1CN(C(=O)c2ccccc2)C1. The number of hydrogen-bond acceptors (Lipinski definition) is 4. The number of carbonyl (C=O) groups excluding carboxylic acids is 1. The van der Waals surface area contributed by atoms with E-state index in [4.69, 9.17) is 0 Å². The number of pyridine rings is 1. The molecule has 6 nitrogen and oxygen atoms in total. The fourth-order valence-corrected chi connectivity index (χ4v) is 4.18. The van der Waals surface area contributed by atoms with Gasteiger partial charge in [-0.1, -0.05) is 24.3 Å². The van der Waals surface area contributed by atoms with E-state index in [1.54, 1.807) is 54.5 Å². The van der Waals surface area contributed by atoms with Gasteiger partial charge in [0.25, 0.3) is 5.91 Å². The van der Waals surface area contributed by atoms with Crippen molar-refractivity contribution in [1.29, 1.82) is 0 Å². The Bertz CT molecular complexity index is 803. The number of benzene rings is 1. The van der Waals surface area contributed by atoms with Gasteiger partial charge in [0.15, 0.2) is 0 Å². The molecule has 126 valence electrons. The summed E-state index contributed by atoms with van der Waals surface area (Å²) in [6.45, 7) is 0.678. The first-order valence-corrected chi connectivity index (χ1v) is 9.18. The normalized spacial score (nSPS) is 15.3. The van der Waals surface area contributed by atoms with Crippen LogP contribution in [-0.4, -0.2) is 53.9 Å². The zero-order chi connectivity index (χ0) is 17.2. The van der Waals surface area contributed by atoms with Gasteiger partial charge in [0.2, 0.25) is 10.0 Å². The maximum absolute atomic E-state index is 12.6. The number of hydrogen-bond donors (Lipinski definition) is 0. The first-order chi connectivity index (χ1) is 11.5. The van der Waals surface area contributed by atoms with Crippen molar-refractivity contribution in [1.82, 2.24) is 14.2 Å². The van der Waals surface area contributed by atoms with E-state index in [1.807, 2.05) is 12.1 Å². The molecule has 0 unspecified atom stereocenters. The van der Waals surface area contributed by atoms with Gasteiger partial charge in [0, 0.05) is 31.9 Å². The van der Waals surface area contributed by atoms with Gasteiger partial charge in [-0.05, 0) is 24.3 Å². The van der Waals surface area contributed by atoms with Crippen LogP contribution in [0.25, 0.3) is 0 Å². The van der Waals surface area contributed by atoms with Gasteiger partial charge in [0.05, 0.1) is 12.2 Å². The summed E-state index contributed by atoms with van der Waals surface area (Å²) in [6, 6.07) is 14.3. The summed E-state index contributed by atoms with van der Waals surface area (Å²) in [5.41, 5.74) is 1.27. The third kappa shape index (κ3) is 3.32. The second-order valence-corrected chi connectivity index (χ2v) is 8.14. The van der Waals surface area contributed by atoms with Crippen molar-refractivity contribution < 1.29 is 13.2 Å². The molecule has 2 heterocycles. The van der Waals surface area contributed by atoms with Crippen molar-refractivity contribution in [2.45, 2.75) is 11.8 Å². The Morgan fingerprint density at radius 3 is 2.46 bits per heavy atom. The standard InChI is InChI=1S/C17H19N3O3S/c1-19(11-15-9-5-6-10-18-15)24(22,23)16-12-20(13-16)17(21)14-7-3-2-4-8-14/h2-10,16H,11-13H2,1H3. The molecule has 2 aromatic rings. The van der Waals surface area contributed by atoms with E-state index in [1.165, 1.54) is 4.31 Å². The molecule has 3 rings (SSSR count). The molecule has 1 saturated heterocycles. The Morgan fingerprint density at radius 1 is 1.17 bits per heavy atom. The summed E-state index contributed by atoms with van der Waals surface area (Å²) >= 11 is 0. The Morgan fingerprint density at radius 2 is 1.83 bits per heavy atom. The van der Waals surface area contributed by atoms with Crippen molar-refractivity contribution in [3.8, 4) is 0 Å². The fourth-order valence-electron chi connectivity index (χ4n) is 2.62. The molecule has 1 aromatic carbocycles. The monoisotopic (exact) mass is 345 g/mol. The van der Waals surface area contributed by atoms with Crippen LogP contribution in [0.3, 0.4) is 0 Å². The second-order valence-electron chi connectivity index (χ2n) is 5.82. The van der Waals surface area contributed by atoms with E-state index < -0.39 is 15.3 Å². The van der Waals surface area contributed by atoms with Crippen LogP contribution in [0.5, 0.6) is 0 Å². The maximum atomic E-state index is 12.6. The minimum atomic E-state index is -3.45. The van der Waals surface area contributed by atoms with Crippen LogP contribution in [0.1, 0.15) is 16.1 Å². The van der Waals surface area contributed by atoms with Crippen LogP contribution >= 0.6 is 0 Å².